The molecule has 1 aromatic carbocycles. The number of nitrogens with two attached hydrogens (primary N) is 1. The van der Waals surface area contributed by atoms with E-state index in [0.717, 1.165) is 5.69 Å². The Labute approximate surface area is 157 Å². The molecule has 126 valence electrons. The fourth-order valence-corrected chi connectivity index (χ4v) is 4.07. The molecule has 0 fully saturated rings. The Hall–Kier alpha value is -1.17. The maximum absolute atomic E-state index is 12.2. The van der Waals surface area contributed by atoms with Crippen LogP contribution in [0.2, 0.25) is 0 Å². The molecule has 0 unspecified atom stereocenters. The zero-order valence-electron chi connectivity index (χ0n) is 12.5. The van der Waals surface area contributed by atoms with Crippen LogP contribution in [0.4, 0.5) is 5.69 Å². The Balaban J connectivity index is 0.00000264. The third kappa shape index (κ3) is 5.75. The van der Waals surface area contributed by atoms with Crippen LogP contribution >= 0.6 is 35.3 Å². The van der Waals surface area contributed by atoms with Crippen LogP contribution in [0.3, 0.4) is 0 Å². The number of anilines is 1. The minimum atomic E-state index is -3.43. The van der Waals surface area contributed by atoms with Crippen LogP contribution in [0.5, 0.6) is 0 Å². The van der Waals surface area contributed by atoms with E-state index in [9.17, 15) is 8.42 Å². The summed E-state index contributed by atoms with van der Waals surface area (Å²) in [7, 11) is -1.90. The highest BCUT2D eigenvalue weighted by molar-refractivity contribution is 14.0. The number of halogens is 1. The second kappa shape index (κ2) is 9.21. The van der Waals surface area contributed by atoms with Crippen molar-refractivity contribution < 1.29 is 8.42 Å². The van der Waals surface area contributed by atoms with E-state index >= 15 is 0 Å². The van der Waals surface area contributed by atoms with E-state index in [-0.39, 0.29) is 43.0 Å². The molecule has 0 atom stereocenters. The number of benzene rings is 1. The van der Waals surface area contributed by atoms with Crippen LogP contribution in [0.15, 0.2) is 57.0 Å². The predicted octanol–water partition coefficient (Wildman–Crippen LogP) is 2.41. The first-order valence-corrected chi connectivity index (χ1v) is 8.94. The van der Waals surface area contributed by atoms with Crippen molar-refractivity contribution in [3.63, 3.8) is 0 Å². The van der Waals surface area contributed by atoms with Crippen LogP contribution in [-0.4, -0.2) is 38.8 Å². The van der Waals surface area contributed by atoms with Crippen molar-refractivity contribution in [2.24, 2.45) is 10.7 Å². The molecule has 0 aliphatic carbocycles. The van der Waals surface area contributed by atoms with Gasteiger partial charge in [0.05, 0.1) is 6.54 Å². The average molecular weight is 466 g/mol. The fraction of sp³-hybridized carbons (Fsp3) is 0.214. The van der Waals surface area contributed by atoms with Gasteiger partial charge in [-0.15, -0.1) is 35.3 Å². The molecule has 1 aromatic heterocycles. The van der Waals surface area contributed by atoms with Gasteiger partial charge in [-0.2, -0.15) is 4.31 Å². The van der Waals surface area contributed by atoms with Crippen LogP contribution in [0.25, 0.3) is 0 Å². The number of thiophene rings is 1. The Morgan fingerprint density at radius 3 is 2.57 bits per heavy atom. The summed E-state index contributed by atoms with van der Waals surface area (Å²) < 4.78 is 26.0. The lowest BCUT2D eigenvalue weighted by molar-refractivity contribution is 0.479. The molecule has 6 nitrogen and oxygen atoms in total. The van der Waals surface area contributed by atoms with Crippen LogP contribution in [0.1, 0.15) is 0 Å². The van der Waals surface area contributed by atoms with Gasteiger partial charge in [-0.25, -0.2) is 8.42 Å². The van der Waals surface area contributed by atoms with Gasteiger partial charge in [-0.1, -0.05) is 24.3 Å². The Morgan fingerprint density at radius 1 is 1.26 bits per heavy atom. The highest BCUT2D eigenvalue weighted by Crippen LogP contribution is 2.19. The quantitative estimate of drug-likeness (QED) is 0.389. The Bertz CT molecular complexity index is 719. The molecule has 3 N–H and O–H groups in total. The summed E-state index contributed by atoms with van der Waals surface area (Å²) in [4.78, 5) is 4.13. The SMILES string of the molecule is CN(CCN=C(N)Nc1ccccc1)S(=O)(=O)c1cccs1.I. The minimum absolute atomic E-state index is 0. The lowest BCUT2D eigenvalue weighted by Gasteiger charge is -2.14. The largest absolute Gasteiger partial charge is 0.370 e. The maximum atomic E-state index is 12.2. The minimum Gasteiger partial charge on any atom is -0.370 e. The van der Waals surface area contributed by atoms with E-state index in [0.29, 0.717) is 4.21 Å². The Kier molecular flexibility index (Phi) is 7.95. The molecule has 0 aliphatic heterocycles. The average Bonchev–Trinajstić information content (AvgIpc) is 3.03. The van der Waals surface area contributed by atoms with Crippen molar-refractivity contribution >= 4 is 57.0 Å². The topological polar surface area (TPSA) is 87.8 Å². The van der Waals surface area contributed by atoms with Crippen LogP contribution in [-0.2, 0) is 10.0 Å². The lowest BCUT2D eigenvalue weighted by Crippen LogP contribution is -2.30. The first-order valence-electron chi connectivity index (χ1n) is 6.62. The number of likely N-dealkylation sites (N-methyl/N-ethyl adjacent to an activating group) is 1. The molecular formula is C14H19IN4O2S2. The van der Waals surface area contributed by atoms with Gasteiger partial charge in [0.15, 0.2) is 5.96 Å². The number of hydrogen-bond donors (Lipinski definition) is 2. The van der Waals surface area contributed by atoms with Crippen LogP contribution in [0, 0.1) is 0 Å². The summed E-state index contributed by atoms with van der Waals surface area (Å²) in [6.45, 7) is 0.546. The summed E-state index contributed by atoms with van der Waals surface area (Å²) >= 11 is 1.20. The van der Waals surface area contributed by atoms with E-state index in [1.165, 1.54) is 22.7 Å². The third-order valence-corrected chi connectivity index (χ3v) is 6.13. The van der Waals surface area contributed by atoms with Gasteiger partial charge in [0.2, 0.25) is 0 Å². The molecule has 0 spiro atoms. The summed E-state index contributed by atoms with van der Waals surface area (Å²) in [5, 5.41) is 4.68. The molecular weight excluding hydrogens is 447 g/mol. The number of rotatable bonds is 6. The van der Waals surface area contributed by atoms with E-state index in [1.807, 2.05) is 30.3 Å². The van der Waals surface area contributed by atoms with E-state index in [4.69, 9.17) is 5.73 Å². The van der Waals surface area contributed by atoms with Gasteiger partial charge in [-0.05, 0) is 23.6 Å². The van der Waals surface area contributed by atoms with Crippen molar-refractivity contribution in [3.05, 3.63) is 47.8 Å². The summed E-state index contributed by atoms with van der Waals surface area (Å²) in [5.41, 5.74) is 6.60. The van der Waals surface area contributed by atoms with Crippen LogP contribution < -0.4 is 11.1 Å². The number of sulfonamides is 1. The molecule has 0 aliphatic rings. The predicted molar refractivity (Wildman–Crippen MR) is 106 cm³/mol. The molecule has 0 bridgehead atoms. The monoisotopic (exact) mass is 466 g/mol. The number of nitrogens with zero attached hydrogens (tertiary/aromatic N) is 2. The lowest BCUT2D eigenvalue weighted by atomic mass is 10.3. The van der Waals surface area contributed by atoms with Gasteiger partial charge in [-0.3, -0.25) is 4.99 Å². The summed E-state index contributed by atoms with van der Waals surface area (Å²) in [6.07, 6.45) is 0. The standard InChI is InChI=1S/C14H18N4O2S2.HI/c1-18(22(19,20)13-8-5-11-21-13)10-9-16-14(15)17-12-6-3-2-4-7-12;/h2-8,11H,9-10H2,1H3,(H3,15,16,17);1H. The fourth-order valence-electron chi connectivity index (χ4n) is 1.70. The summed E-state index contributed by atoms with van der Waals surface area (Å²) in [5.74, 6) is 0.258. The molecule has 1 heterocycles. The molecule has 0 saturated heterocycles. The van der Waals surface area contributed by atoms with Gasteiger partial charge in [0.1, 0.15) is 4.21 Å². The highest BCUT2D eigenvalue weighted by Gasteiger charge is 2.20. The second-order valence-corrected chi connectivity index (χ2v) is 7.74. The zero-order valence-corrected chi connectivity index (χ0v) is 16.5. The first-order chi connectivity index (χ1) is 10.5. The molecule has 9 heteroatoms. The van der Waals surface area contributed by atoms with Gasteiger partial charge >= 0.3 is 0 Å². The molecule has 0 amide bonds. The molecule has 23 heavy (non-hydrogen) atoms. The normalized spacial score (nSPS) is 12.0. The smallest absolute Gasteiger partial charge is 0.252 e. The summed E-state index contributed by atoms with van der Waals surface area (Å²) in [6, 6.07) is 12.7. The van der Waals surface area contributed by atoms with E-state index in [2.05, 4.69) is 10.3 Å². The van der Waals surface area contributed by atoms with E-state index < -0.39 is 10.0 Å². The number of aliphatic imine (C=N–C) groups is 1. The number of guanidine groups is 1. The van der Waals surface area contributed by atoms with Gasteiger partial charge in [0.25, 0.3) is 10.0 Å². The molecule has 0 saturated carbocycles. The Morgan fingerprint density at radius 2 is 1.96 bits per heavy atom. The second-order valence-electron chi connectivity index (χ2n) is 4.52. The van der Waals surface area contributed by atoms with Crippen molar-refractivity contribution in [1.29, 1.82) is 0 Å². The number of nitrogens with one attached hydrogen (secondary N) is 1. The van der Waals surface area contributed by atoms with Gasteiger partial charge in [0, 0.05) is 19.3 Å². The van der Waals surface area contributed by atoms with Crippen molar-refractivity contribution in [3.8, 4) is 0 Å². The molecule has 2 aromatic rings. The molecule has 0 radical (unpaired) electrons. The molecule has 2 rings (SSSR count). The number of hydrogen-bond acceptors (Lipinski definition) is 4. The number of para-hydroxylation sites is 1. The zero-order chi connectivity index (χ0) is 16.0. The maximum Gasteiger partial charge on any atom is 0.252 e. The van der Waals surface area contributed by atoms with Crippen molar-refractivity contribution in [2.75, 3.05) is 25.5 Å². The van der Waals surface area contributed by atoms with Crippen molar-refractivity contribution in [2.45, 2.75) is 4.21 Å². The van der Waals surface area contributed by atoms with E-state index in [1.54, 1.807) is 17.5 Å². The first kappa shape index (κ1) is 19.9. The highest BCUT2D eigenvalue weighted by atomic mass is 127. The third-order valence-electron chi connectivity index (χ3n) is 2.90. The van der Waals surface area contributed by atoms with Crippen molar-refractivity contribution in [1.82, 2.24) is 4.31 Å². The van der Waals surface area contributed by atoms with Gasteiger partial charge < -0.3 is 11.1 Å².